The number of ether oxygens (including phenoxy) is 2. The molecule has 0 aromatic heterocycles. The predicted molar refractivity (Wildman–Crippen MR) is 122 cm³/mol. The minimum absolute atomic E-state index is 0.0756. The lowest BCUT2D eigenvalue weighted by atomic mass is 10.0. The van der Waals surface area contributed by atoms with E-state index in [2.05, 4.69) is 10.6 Å². The number of amides is 2. The third-order valence-corrected chi connectivity index (χ3v) is 4.85. The fourth-order valence-corrected chi connectivity index (χ4v) is 3.17. The summed E-state index contributed by atoms with van der Waals surface area (Å²) < 4.78 is 10.1. The number of alkyl carbamates (subject to hydrolysis) is 1. The van der Waals surface area contributed by atoms with Crippen molar-refractivity contribution in [2.24, 2.45) is 5.92 Å². The second kappa shape index (κ2) is 12.9. The van der Waals surface area contributed by atoms with Gasteiger partial charge in [-0.1, -0.05) is 56.3 Å². The summed E-state index contributed by atoms with van der Waals surface area (Å²) in [4.78, 5) is 37.6. The van der Waals surface area contributed by atoms with Crippen LogP contribution < -0.4 is 10.6 Å². The van der Waals surface area contributed by atoms with Crippen molar-refractivity contribution in [3.8, 4) is 6.07 Å². The van der Waals surface area contributed by atoms with E-state index in [4.69, 9.17) is 14.7 Å². The second-order valence-electron chi connectivity index (χ2n) is 7.99. The van der Waals surface area contributed by atoms with Crippen LogP contribution in [0, 0.1) is 17.2 Å². The maximum atomic E-state index is 13.0. The van der Waals surface area contributed by atoms with E-state index in [1.807, 2.05) is 50.2 Å². The molecule has 0 spiro atoms. The molecular weight excluding hydrogens is 422 g/mol. The maximum absolute atomic E-state index is 13.0. The summed E-state index contributed by atoms with van der Waals surface area (Å²) in [6, 6.07) is 16.1. The molecule has 2 atom stereocenters. The maximum Gasteiger partial charge on any atom is 0.408 e. The molecule has 0 heterocycles. The number of carbonyl (C=O) groups excluding carboxylic acids is 3. The van der Waals surface area contributed by atoms with Crippen LogP contribution in [0.1, 0.15) is 37.0 Å². The zero-order valence-corrected chi connectivity index (χ0v) is 19.0. The van der Waals surface area contributed by atoms with Crippen molar-refractivity contribution in [2.75, 3.05) is 7.11 Å². The number of esters is 1. The molecule has 0 aliphatic heterocycles. The van der Waals surface area contributed by atoms with E-state index in [0.717, 1.165) is 11.1 Å². The summed E-state index contributed by atoms with van der Waals surface area (Å²) in [6.07, 6.45) is -0.185. The van der Waals surface area contributed by atoms with E-state index in [0.29, 0.717) is 12.0 Å². The molecule has 0 aliphatic rings. The summed E-state index contributed by atoms with van der Waals surface area (Å²) in [5.74, 6) is -1.02. The quantitative estimate of drug-likeness (QED) is 0.536. The van der Waals surface area contributed by atoms with Gasteiger partial charge in [0, 0.05) is 6.42 Å². The highest BCUT2D eigenvalue weighted by molar-refractivity contribution is 5.89. The van der Waals surface area contributed by atoms with Gasteiger partial charge in [-0.15, -0.1) is 0 Å². The van der Waals surface area contributed by atoms with Gasteiger partial charge in [0.25, 0.3) is 0 Å². The van der Waals surface area contributed by atoms with E-state index in [1.54, 1.807) is 24.3 Å². The average Bonchev–Trinajstić information content (AvgIpc) is 2.82. The number of carbonyl (C=O) groups is 3. The Hall–Kier alpha value is -3.86. The molecule has 0 radical (unpaired) electrons. The van der Waals surface area contributed by atoms with Crippen LogP contribution in [-0.2, 0) is 32.1 Å². The van der Waals surface area contributed by atoms with Gasteiger partial charge in [0.05, 0.1) is 18.7 Å². The first-order valence-corrected chi connectivity index (χ1v) is 10.7. The standard InChI is InChI=1S/C25H29N3O5/c1-17(2)13-21(28-25(31)33-16-20-7-5-4-6-8-20)23(29)27-22(24(30)32-3)14-18-9-11-19(15-26)12-10-18/h4-12,17,21-22H,13-14,16H2,1-3H3,(H,27,29)(H,28,31)/t21-,22-/m0/s1. The van der Waals surface area contributed by atoms with Crippen LogP contribution in [0.15, 0.2) is 54.6 Å². The number of nitrogens with zero attached hydrogens (tertiary/aromatic N) is 1. The molecule has 2 aromatic carbocycles. The second-order valence-corrected chi connectivity index (χ2v) is 7.99. The molecule has 2 rings (SSSR count). The molecule has 8 nitrogen and oxygen atoms in total. The average molecular weight is 452 g/mol. The first-order chi connectivity index (χ1) is 15.8. The SMILES string of the molecule is COC(=O)[C@H](Cc1ccc(C#N)cc1)NC(=O)[C@H](CC(C)C)NC(=O)OCc1ccccc1. The molecule has 2 N–H and O–H groups in total. The number of hydrogen-bond acceptors (Lipinski definition) is 6. The van der Waals surface area contributed by atoms with Crippen molar-refractivity contribution in [3.05, 3.63) is 71.3 Å². The number of benzene rings is 2. The molecule has 2 amide bonds. The predicted octanol–water partition coefficient (Wildman–Crippen LogP) is 3.10. The molecule has 0 aliphatic carbocycles. The van der Waals surface area contributed by atoms with Crippen LogP contribution in [0.5, 0.6) is 0 Å². The molecule has 174 valence electrons. The minimum atomic E-state index is -0.952. The molecule has 0 bridgehead atoms. The van der Waals surface area contributed by atoms with E-state index in [9.17, 15) is 14.4 Å². The Morgan fingerprint density at radius 2 is 1.61 bits per heavy atom. The Morgan fingerprint density at radius 1 is 0.939 bits per heavy atom. The summed E-state index contributed by atoms with van der Waals surface area (Å²) >= 11 is 0. The van der Waals surface area contributed by atoms with E-state index < -0.39 is 30.1 Å². The molecule has 0 unspecified atom stereocenters. The number of nitrogens with one attached hydrogen (secondary N) is 2. The van der Waals surface area contributed by atoms with Gasteiger partial charge in [-0.05, 0) is 35.6 Å². The number of rotatable bonds is 10. The van der Waals surface area contributed by atoms with Gasteiger partial charge in [0.1, 0.15) is 18.7 Å². The zero-order chi connectivity index (χ0) is 24.2. The molecule has 0 fully saturated rings. The largest absolute Gasteiger partial charge is 0.467 e. The Balaban J connectivity index is 2.04. The van der Waals surface area contributed by atoms with Crippen LogP contribution in [0.25, 0.3) is 0 Å². The highest BCUT2D eigenvalue weighted by Crippen LogP contribution is 2.10. The monoisotopic (exact) mass is 451 g/mol. The lowest BCUT2D eigenvalue weighted by Gasteiger charge is -2.23. The van der Waals surface area contributed by atoms with Crippen LogP contribution in [0.2, 0.25) is 0 Å². The number of hydrogen-bond donors (Lipinski definition) is 2. The first kappa shape index (κ1) is 25.4. The summed E-state index contributed by atoms with van der Waals surface area (Å²) in [5.41, 5.74) is 2.07. The van der Waals surface area contributed by atoms with Gasteiger partial charge < -0.3 is 20.1 Å². The van der Waals surface area contributed by atoms with Crippen LogP contribution in [0.3, 0.4) is 0 Å². The van der Waals surface area contributed by atoms with Crippen molar-refractivity contribution < 1.29 is 23.9 Å². The highest BCUT2D eigenvalue weighted by atomic mass is 16.5. The third-order valence-electron chi connectivity index (χ3n) is 4.85. The first-order valence-electron chi connectivity index (χ1n) is 10.7. The summed E-state index contributed by atoms with van der Waals surface area (Å²) in [6.45, 7) is 3.92. The van der Waals surface area contributed by atoms with Crippen molar-refractivity contribution in [3.63, 3.8) is 0 Å². The van der Waals surface area contributed by atoms with E-state index in [1.165, 1.54) is 7.11 Å². The fourth-order valence-electron chi connectivity index (χ4n) is 3.17. The zero-order valence-electron chi connectivity index (χ0n) is 19.0. The van der Waals surface area contributed by atoms with E-state index >= 15 is 0 Å². The van der Waals surface area contributed by atoms with Crippen LogP contribution >= 0.6 is 0 Å². The van der Waals surface area contributed by atoms with Crippen molar-refractivity contribution in [1.29, 1.82) is 5.26 Å². The summed E-state index contributed by atoms with van der Waals surface area (Å²) in [5, 5.41) is 14.2. The Labute approximate surface area is 193 Å². The molecule has 0 saturated heterocycles. The molecule has 2 aromatic rings. The van der Waals surface area contributed by atoms with Gasteiger partial charge in [-0.3, -0.25) is 4.79 Å². The number of methoxy groups -OCH3 is 1. The van der Waals surface area contributed by atoms with Crippen molar-refractivity contribution in [2.45, 2.75) is 45.4 Å². The topological polar surface area (TPSA) is 118 Å². The van der Waals surface area contributed by atoms with Crippen LogP contribution in [0.4, 0.5) is 4.79 Å². The molecule has 8 heteroatoms. The normalized spacial score (nSPS) is 12.2. The Bertz CT molecular complexity index is 968. The van der Waals surface area contributed by atoms with Gasteiger partial charge >= 0.3 is 12.1 Å². The summed E-state index contributed by atoms with van der Waals surface area (Å²) in [7, 11) is 1.24. The van der Waals surface area contributed by atoms with Gasteiger partial charge in [0.15, 0.2) is 0 Å². The number of nitriles is 1. The Kier molecular flexibility index (Phi) is 9.90. The Morgan fingerprint density at radius 3 is 2.18 bits per heavy atom. The smallest absolute Gasteiger partial charge is 0.408 e. The van der Waals surface area contributed by atoms with Crippen molar-refractivity contribution in [1.82, 2.24) is 10.6 Å². The molecular formula is C25H29N3O5. The van der Waals surface area contributed by atoms with E-state index in [-0.39, 0.29) is 18.9 Å². The van der Waals surface area contributed by atoms with Crippen molar-refractivity contribution >= 4 is 18.0 Å². The van der Waals surface area contributed by atoms with Gasteiger partial charge in [-0.25, -0.2) is 9.59 Å². The molecule has 0 saturated carbocycles. The minimum Gasteiger partial charge on any atom is -0.467 e. The fraction of sp³-hybridized carbons (Fsp3) is 0.360. The lowest BCUT2D eigenvalue weighted by molar-refractivity contribution is -0.145. The third kappa shape index (κ3) is 8.65. The van der Waals surface area contributed by atoms with Crippen LogP contribution in [-0.4, -0.2) is 37.2 Å². The highest BCUT2D eigenvalue weighted by Gasteiger charge is 2.28. The lowest BCUT2D eigenvalue weighted by Crippen LogP contribution is -2.53. The molecule has 33 heavy (non-hydrogen) atoms. The van der Waals surface area contributed by atoms with Gasteiger partial charge in [0.2, 0.25) is 5.91 Å². The van der Waals surface area contributed by atoms with Gasteiger partial charge in [-0.2, -0.15) is 5.26 Å².